The molecule has 0 bridgehead atoms. The molecule has 0 aliphatic carbocycles. The smallest absolute Gasteiger partial charge is 0.0234 e. The van der Waals surface area contributed by atoms with E-state index in [1.165, 1.54) is 24.1 Å². The van der Waals surface area contributed by atoms with E-state index in [2.05, 4.69) is 43.0 Å². The largest absolute Gasteiger partial charge is 0.327 e. The molecule has 94 valence electrons. The topological polar surface area (TPSA) is 29.3 Å². The minimum Gasteiger partial charge on any atom is -0.327 e. The molecule has 2 unspecified atom stereocenters. The summed E-state index contributed by atoms with van der Waals surface area (Å²) >= 11 is 0. The third kappa shape index (κ3) is 3.55. The molecule has 1 saturated heterocycles. The van der Waals surface area contributed by atoms with Crippen molar-refractivity contribution in [2.45, 2.75) is 39.3 Å². The fourth-order valence-electron chi connectivity index (χ4n) is 2.78. The first-order valence-electron chi connectivity index (χ1n) is 6.73. The van der Waals surface area contributed by atoms with Crippen molar-refractivity contribution in [3.63, 3.8) is 0 Å². The van der Waals surface area contributed by atoms with Gasteiger partial charge in [-0.15, -0.1) is 0 Å². The van der Waals surface area contributed by atoms with Crippen molar-refractivity contribution < 1.29 is 0 Å². The van der Waals surface area contributed by atoms with Crippen LogP contribution in [0, 0.1) is 5.92 Å². The molecular weight excluding hydrogens is 208 g/mol. The van der Waals surface area contributed by atoms with E-state index >= 15 is 0 Å². The molecule has 2 N–H and O–H groups in total. The van der Waals surface area contributed by atoms with E-state index in [4.69, 9.17) is 5.73 Å². The maximum absolute atomic E-state index is 6.07. The Bertz CT molecular complexity index is 334. The SMILES string of the molecule is CCc1ccc(CN2CC(C)CC(N)C2)cc1. The fourth-order valence-corrected chi connectivity index (χ4v) is 2.78. The van der Waals surface area contributed by atoms with Gasteiger partial charge in [0.05, 0.1) is 0 Å². The van der Waals surface area contributed by atoms with E-state index in [9.17, 15) is 0 Å². The van der Waals surface area contributed by atoms with Crippen molar-refractivity contribution >= 4 is 0 Å². The molecule has 0 spiro atoms. The zero-order valence-corrected chi connectivity index (χ0v) is 11.0. The molecule has 2 atom stereocenters. The van der Waals surface area contributed by atoms with Crippen molar-refractivity contribution in [2.24, 2.45) is 11.7 Å². The number of rotatable bonds is 3. The number of hydrogen-bond donors (Lipinski definition) is 1. The summed E-state index contributed by atoms with van der Waals surface area (Å²) in [5, 5.41) is 0. The Morgan fingerprint density at radius 3 is 2.41 bits per heavy atom. The monoisotopic (exact) mass is 232 g/mol. The van der Waals surface area contributed by atoms with Crippen LogP contribution in [0.4, 0.5) is 0 Å². The minimum atomic E-state index is 0.355. The van der Waals surface area contributed by atoms with E-state index in [-0.39, 0.29) is 0 Å². The first-order valence-corrected chi connectivity index (χ1v) is 6.73. The van der Waals surface area contributed by atoms with Gasteiger partial charge in [-0.25, -0.2) is 0 Å². The van der Waals surface area contributed by atoms with Crippen LogP contribution in [0.5, 0.6) is 0 Å². The van der Waals surface area contributed by atoms with Gasteiger partial charge in [-0.1, -0.05) is 38.1 Å². The standard InChI is InChI=1S/C15H24N2/c1-3-13-4-6-14(7-5-13)10-17-9-12(2)8-15(16)11-17/h4-7,12,15H,3,8-11,16H2,1-2H3. The quantitative estimate of drug-likeness (QED) is 0.867. The molecule has 0 aromatic heterocycles. The van der Waals surface area contributed by atoms with Gasteiger partial charge in [0, 0.05) is 25.7 Å². The van der Waals surface area contributed by atoms with Crippen molar-refractivity contribution in [3.05, 3.63) is 35.4 Å². The molecule has 2 rings (SSSR count). The van der Waals surface area contributed by atoms with Crippen LogP contribution in [0.1, 0.15) is 31.4 Å². The first-order chi connectivity index (χ1) is 8.17. The zero-order chi connectivity index (χ0) is 12.3. The molecule has 2 heteroatoms. The highest BCUT2D eigenvalue weighted by Gasteiger charge is 2.21. The van der Waals surface area contributed by atoms with E-state index < -0.39 is 0 Å². The van der Waals surface area contributed by atoms with Gasteiger partial charge in [0.25, 0.3) is 0 Å². The summed E-state index contributed by atoms with van der Waals surface area (Å²) in [5.41, 5.74) is 8.89. The first kappa shape index (κ1) is 12.6. The van der Waals surface area contributed by atoms with Gasteiger partial charge >= 0.3 is 0 Å². The number of benzene rings is 1. The summed E-state index contributed by atoms with van der Waals surface area (Å²) in [5.74, 6) is 0.730. The van der Waals surface area contributed by atoms with Gasteiger partial charge in [-0.3, -0.25) is 4.90 Å². The van der Waals surface area contributed by atoms with Crippen LogP contribution in [0.2, 0.25) is 0 Å². The Kier molecular flexibility index (Phi) is 4.19. The average molecular weight is 232 g/mol. The van der Waals surface area contributed by atoms with Crippen LogP contribution >= 0.6 is 0 Å². The van der Waals surface area contributed by atoms with Crippen LogP contribution in [0.3, 0.4) is 0 Å². The Labute approximate surface area is 105 Å². The summed E-state index contributed by atoms with van der Waals surface area (Å²) in [6.07, 6.45) is 2.29. The van der Waals surface area contributed by atoms with E-state index in [0.29, 0.717) is 6.04 Å². The molecular formula is C15H24N2. The van der Waals surface area contributed by atoms with Crippen molar-refractivity contribution in [1.29, 1.82) is 0 Å². The lowest BCUT2D eigenvalue weighted by molar-refractivity contribution is 0.158. The van der Waals surface area contributed by atoms with Crippen LogP contribution in [-0.2, 0) is 13.0 Å². The van der Waals surface area contributed by atoms with E-state index in [1.54, 1.807) is 0 Å². The number of aryl methyl sites for hydroxylation is 1. The van der Waals surface area contributed by atoms with Crippen LogP contribution in [-0.4, -0.2) is 24.0 Å². The molecule has 1 fully saturated rings. The van der Waals surface area contributed by atoms with Crippen molar-refractivity contribution in [3.8, 4) is 0 Å². The second kappa shape index (κ2) is 5.65. The van der Waals surface area contributed by atoms with Gasteiger partial charge < -0.3 is 5.73 Å². The molecule has 1 aliphatic rings. The third-order valence-corrected chi connectivity index (χ3v) is 3.61. The molecule has 0 saturated carbocycles. The number of hydrogen-bond acceptors (Lipinski definition) is 2. The molecule has 17 heavy (non-hydrogen) atoms. The third-order valence-electron chi connectivity index (χ3n) is 3.61. The highest BCUT2D eigenvalue weighted by molar-refractivity contribution is 5.22. The molecule has 1 aliphatic heterocycles. The summed E-state index contributed by atoms with van der Waals surface area (Å²) in [6, 6.07) is 9.34. The minimum absolute atomic E-state index is 0.355. The second-order valence-electron chi connectivity index (χ2n) is 5.47. The molecule has 1 aromatic carbocycles. The number of nitrogens with zero attached hydrogens (tertiary/aromatic N) is 1. The lowest BCUT2D eigenvalue weighted by atomic mass is 9.96. The number of nitrogens with two attached hydrogens (primary N) is 1. The predicted octanol–water partition coefficient (Wildman–Crippen LogP) is 2.42. The van der Waals surface area contributed by atoms with Crippen LogP contribution < -0.4 is 5.73 Å². The maximum atomic E-state index is 6.07. The Morgan fingerprint density at radius 2 is 1.82 bits per heavy atom. The van der Waals surface area contributed by atoms with Gasteiger partial charge in [0.1, 0.15) is 0 Å². The zero-order valence-electron chi connectivity index (χ0n) is 11.0. The maximum Gasteiger partial charge on any atom is 0.0234 e. The lowest BCUT2D eigenvalue weighted by Gasteiger charge is -2.34. The molecule has 1 aromatic rings. The Hall–Kier alpha value is -0.860. The van der Waals surface area contributed by atoms with Crippen molar-refractivity contribution in [1.82, 2.24) is 4.90 Å². The van der Waals surface area contributed by atoms with E-state index in [0.717, 1.165) is 25.4 Å². The van der Waals surface area contributed by atoms with Crippen LogP contribution in [0.15, 0.2) is 24.3 Å². The fraction of sp³-hybridized carbons (Fsp3) is 0.600. The van der Waals surface area contributed by atoms with Crippen molar-refractivity contribution in [2.75, 3.05) is 13.1 Å². The molecule has 0 amide bonds. The van der Waals surface area contributed by atoms with Crippen LogP contribution in [0.25, 0.3) is 0 Å². The highest BCUT2D eigenvalue weighted by Crippen LogP contribution is 2.17. The number of likely N-dealkylation sites (tertiary alicyclic amines) is 1. The van der Waals surface area contributed by atoms with Gasteiger partial charge in [-0.2, -0.15) is 0 Å². The molecule has 0 radical (unpaired) electrons. The molecule has 1 heterocycles. The van der Waals surface area contributed by atoms with E-state index in [1.807, 2.05) is 0 Å². The lowest BCUT2D eigenvalue weighted by Crippen LogP contribution is -2.45. The number of piperidine rings is 1. The summed E-state index contributed by atoms with van der Waals surface area (Å²) < 4.78 is 0. The van der Waals surface area contributed by atoms with Gasteiger partial charge in [0.2, 0.25) is 0 Å². The van der Waals surface area contributed by atoms with Gasteiger partial charge in [0.15, 0.2) is 0 Å². The summed E-state index contributed by atoms with van der Waals surface area (Å²) in [4.78, 5) is 2.49. The highest BCUT2D eigenvalue weighted by atomic mass is 15.1. The predicted molar refractivity (Wildman–Crippen MR) is 72.9 cm³/mol. The molecule has 2 nitrogen and oxygen atoms in total. The second-order valence-corrected chi connectivity index (χ2v) is 5.47. The summed E-state index contributed by atoms with van der Waals surface area (Å²) in [6.45, 7) is 7.76. The summed E-state index contributed by atoms with van der Waals surface area (Å²) in [7, 11) is 0. The Morgan fingerprint density at radius 1 is 1.18 bits per heavy atom. The average Bonchev–Trinajstić information content (AvgIpc) is 2.28. The normalized spacial score (nSPS) is 26.1. The van der Waals surface area contributed by atoms with Gasteiger partial charge in [-0.05, 0) is 29.9 Å². The Balaban J connectivity index is 1.95.